The van der Waals surface area contributed by atoms with E-state index in [4.69, 9.17) is 5.26 Å². The van der Waals surface area contributed by atoms with Crippen LogP contribution >= 0.6 is 11.9 Å². The van der Waals surface area contributed by atoms with E-state index in [1.807, 2.05) is 36.4 Å². The van der Waals surface area contributed by atoms with Crippen LogP contribution in [-0.4, -0.2) is 4.98 Å². The average Bonchev–Trinajstić information content (AvgIpc) is 3.03. The van der Waals surface area contributed by atoms with Crippen molar-refractivity contribution < 1.29 is 8.78 Å². The van der Waals surface area contributed by atoms with Gasteiger partial charge in [-0.15, -0.1) is 0 Å². The molecule has 0 amide bonds. The summed E-state index contributed by atoms with van der Waals surface area (Å²) in [5.41, 5.74) is 1.62. The summed E-state index contributed by atoms with van der Waals surface area (Å²) in [4.78, 5) is 3.90. The second-order valence-electron chi connectivity index (χ2n) is 4.75. The van der Waals surface area contributed by atoms with E-state index in [9.17, 15) is 8.78 Å². The predicted octanol–water partition coefficient (Wildman–Crippen LogP) is 4.95. The van der Waals surface area contributed by atoms with Crippen molar-refractivity contribution in [3.05, 3.63) is 71.9 Å². The van der Waals surface area contributed by atoms with Crippen LogP contribution in [0.3, 0.4) is 0 Å². The van der Waals surface area contributed by atoms with Gasteiger partial charge in [0.2, 0.25) is 0 Å². The molecule has 1 heterocycles. The first kappa shape index (κ1) is 15.1. The zero-order valence-corrected chi connectivity index (χ0v) is 12.6. The lowest BCUT2D eigenvalue weighted by molar-refractivity contribution is 0.591. The molecule has 3 rings (SSSR count). The second-order valence-corrected chi connectivity index (χ2v) is 5.63. The van der Waals surface area contributed by atoms with E-state index in [0.29, 0.717) is 0 Å². The Morgan fingerprint density at radius 2 is 1.74 bits per heavy atom. The molecule has 2 aromatic carbocycles. The van der Waals surface area contributed by atoms with E-state index in [2.05, 4.69) is 9.71 Å². The molecule has 0 radical (unpaired) electrons. The second kappa shape index (κ2) is 6.55. The molecule has 0 atom stereocenters. The molecular weight excluding hydrogens is 316 g/mol. The third kappa shape index (κ3) is 3.35. The van der Waals surface area contributed by atoms with E-state index in [1.54, 1.807) is 12.3 Å². The average molecular weight is 327 g/mol. The van der Waals surface area contributed by atoms with Gasteiger partial charge in [0.05, 0.1) is 11.6 Å². The van der Waals surface area contributed by atoms with E-state index in [-0.39, 0.29) is 11.3 Å². The summed E-state index contributed by atoms with van der Waals surface area (Å²) in [7, 11) is 0. The van der Waals surface area contributed by atoms with Gasteiger partial charge in [0.25, 0.3) is 0 Å². The third-order valence-electron chi connectivity index (χ3n) is 3.18. The summed E-state index contributed by atoms with van der Waals surface area (Å²) < 4.78 is 30.2. The minimum absolute atomic E-state index is 0.0523. The van der Waals surface area contributed by atoms with Crippen molar-refractivity contribution in [2.75, 3.05) is 4.72 Å². The highest BCUT2D eigenvalue weighted by Gasteiger charge is 2.12. The minimum Gasteiger partial charge on any atom is -0.360 e. The molecule has 0 spiro atoms. The number of rotatable bonds is 4. The monoisotopic (exact) mass is 327 g/mol. The first-order chi connectivity index (χ1) is 11.2. The molecule has 1 aromatic heterocycles. The number of aromatic nitrogens is 1. The number of hydrogen-bond acceptors (Lipinski definition) is 3. The summed E-state index contributed by atoms with van der Waals surface area (Å²) in [6.07, 6.45) is 1.75. The summed E-state index contributed by atoms with van der Waals surface area (Å²) in [5, 5.41) is 8.68. The Morgan fingerprint density at radius 1 is 1.04 bits per heavy atom. The molecular formula is C17H11F2N3S. The van der Waals surface area contributed by atoms with Crippen molar-refractivity contribution in [2.45, 2.75) is 4.90 Å². The van der Waals surface area contributed by atoms with Gasteiger partial charge < -0.3 is 9.71 Å². The fraction of sp³-hybridized carbons (Fsp3) is 0. The van der Waals surface area contributed by atoms with Gasteiger partial charge in [-0.1, -0.05) is 30.3 Å². The summed E-state index contributed by atoms with van der Waals surface area (Å²) in [6, 6.07) is 15.3. The van der Waals surface area contributed by atoms with E-state index in [0.717, 1.165) is 40.2 Å². The van der Waals surface area contributed by atoms with Gasteiger partial charge in [0.1, 0.15) is 5.69 Å². The van der Waals surface area contributed by atoms with Crippen LogP contribution in [0.15, 0.2) is 59.6 Å². The number of aromatic amines is 1. The van der Waals surface area contributed by atoms with Gasteiger partial charge in [-0.05, 0) is 35.7 Å². The molecule has 3 aromatic rings. The minimum atomic E-state index is -0.798. The number of halogens is 2. The Kier molecular flexibility index (Phi) is 4.31. The summed E-state index contributed by atoms with van der Waals surface area (Å²) in [5.74, 6) is -1.60. The van der Waals surface area contributed by atoms with Gasteiger partial charge in [0, 0.05) is 16.8 Å². The number of H-pyrrole nitrogens is 1. The molecule has 0 saturated heterocycles. The van der Waals surface area contributed by atoms with Crippen LogP contribution < -0.4 is 4.72 Å². The van der Waals surface area contributed by atoms with Crippen LogP contribution in [-0.2, 0) is 0 Å². The molecule has 114 valence electrons. The van der Waals surface area contributed by atoms with Gasteiger partial charge >= 0.3 is 0 Å². The lowest BCUT2D eigenvalue weighted by Gasteiger charge is -2.07. The first-order valence-corrected chi connectivity index (χ1v) is 7.55. The lowest BCUT2D eigenvalue weighted by Crippen LogP contribution is -1.96. The Morgan fingerprint density at radius 3 is 2.39 bits per heavy atom. The molecule has 23 heavy (non-hydrogen) atoms. The Bertz CT molecular complexity index is 846. The Balaban J connectivity index is 1.75. The fourth-order valence-electron chi connectivity index (χ4n) is 2.06. The van der Waals surface area contributed by atoms with Crippen molar-refractivity contribution in [2.24, 2.45) is 0 Å². The molecule has 3 nitrogen and oxygen atoms in total. The quantitative estimate of drug-likeness (QED) is 0.667. The highest BCUT2D eigenvalue weighted by atomic mass is 32.2. The zero-order valence-electron chi connectivity index (χ0n) is 11.8. The molecule has 0 fully saturated rings. The van der Waals surface area contributed by atoms with Crippen molar-refractivity contribution >= 4 is 17.6 Å². The van der Waals surface area contributed by atoms with Crippen LogP contribution in [0.1, 0.15) is 5.56 Å². The topological polar surface area (TPSA) is 51.6 Å². The van der Waals surface area contributed by atoms with Gasteiger partial charge in [-0.2, -0.15) is 5.26 Å². The van der Waals surface area contributed by atoms with E-state index in [1.165, 1.54) is 0 Å². The maximum absolute atomic E-state index is 13.8. The largest absolute Gasteiger partial charge is 0.360 e. The molecule has 0 bridgehead atoms. The number of hydrogen-bond donors (Lipinski definition) is 2. The number of anilines is 1. The standard InChI is InChI=1S/C17H11F2N3S/c18-14-6-11(9-20)7-15(19)17(14)22-23-13-8-16(21-10-13)12-4-2-1-3-5-12/h1-8,10,21-22H. The van der Waals surface area contributed by atoms with Crippen LogP contribution in [0.4, 0.5) is 14.5 Å². The lowest BCUT2D eigenvalue weighted by atomic mass is 10.2. The van der Waals surface area contributed by atoms with Crippen LogP contribution in [0.25, 0.3) is 11.3 Å². The third-order valence-corrected chi connectivity index (χ3v) is 3.96. The smallest absolute Gasteiger partial charge is 0.151 e. The Hall–Kier alpha value is -2.78. The SMILES string of the molecule is N#Cc1cc(F)c(NSc2c[nH]c(-c3ccccc3)c2)c(F)c1. The van der Waals surface area contributed by atoms with Crippen molar-refractivity contribution in [1.29, 1.82) is 5.26 Å². The maximum Gasteiger partial charge on any atom is 0.151 e. The number of nitrogens with zero attached hydrogens (tertiary/aromatic N) is 1. The van der Waals surface area contributed by atoms with Crippen LogP contribution in [0.2, 0.25) is 0 Å². The van der Waals surface area contributed by atoms with Gasteiger partial charge in [-0.25, -0.2) is 8.78 Å². The maximum atomic E-state index is 13.8. The summed E-state index contributed by atoms with van der Waals surface area (Å²) >= 11 is 1.09. The highest BCUT2D eigenvalue weighted by molar-refractivity contribution is 8.00. The number of nitriles is 1. The van der Waals surface area contributed by atoms with E-state index >= 15 is 0 Å². The summed E-state index contributed by atoms with van der Waals surface area (Å²) in [6.45, 7) is 0. The molecule has 0 saturated carbocycles. The van der Waals surface area contributed by atoms with Crippen LogP contribution in [0.5, 0.6) is 0 Å². The Labute approximate surface area is 136 Å². The molecule has 2 N–H and O–H groups in total. The number of nitrogens with one attached hydrogen (secondary N) is 2. The first-order valence-electron chi connectivity index (χ1n) is 6.73. The van der Waals surface area contributed by atoms with Gasteiger partial charge in [0.15, 0.2) is 11.6 Å². The normalized spacial score (nSPS) is 10.3. The fourth-order valence-corrected chi connectivity index (χ4v) is 2.77. The van der Waals surface area contributed by atoms with Gasteiger partial charge in [-0.3, -0.25) is 0 Å². The number of benzene rings is 2. The van der Waals surface area contributed by atoms with Crippen molar-refractivity contribution in [3.63, 3.8) is 0 Å². The molecule has 0 aliphatic heterocycles. The zero-order chi connectivity index (χ0) is 16.2. The van der Waals surface area contributed by atoms with E-state index < -0.39 is 11.6 Å². The predicted molar refractivity (Wildman–Crippen MR) is 86.8 cm³/mol. The van der Waals surface area contributed by atoms with Crippen molar-refractivity contribution in [1.82, 2.24) is 4.98 Å². The molecule has 0 unspecified atom stereocenters. The van der Waals surface area contributed by atoms with Crippen LogP contribution in [0, 0.1) is 23.0 Å². The van der Waals surface area contributed by atoms with Crippen molar-refractivity contribution in [3.8, 4) is 17.3 Å². The highest BCUT2D eigenvalue weighted by Crippen LogP contribution is 2.29. The molecule has 6 heteroatoms. The molecule has 0 aliphatic rings. The molecule has 0 aliphatic carbocycles.